The van der Waals surface area contributed by atoms with E-state index in [-0.39, 0.29) is 17.2 Å². The van der Waals surface area contributed by atoms with Gasteiger partial charge in [-0.15, -0.1) is 0 Å². The van der Waals surface area contributed by atoms with Crippen LogP contribution in [0.4, 0.5) is 13.2 Å². The lowest BCUT2D eigenvalue weighted by Crippen LogP contribution is -2.43. The predicted molar refractivity (Wildman–Crippen MR) is 86.5 cm³/mol. The molecular formula is C16H17F3N2O4S. The highest BCUT2D eigenvalue weighted by molar-refractivity contribution is 7.89. The largest absolute Gasteiger partial charge is 0.468 e. The number of furan rings is 1. The first-order chi connectivity index (χ1) is 12.1. The van der Waals surface area contributed by atoms with Crippen molar-refractivity contribution in [3.8, 4) is 0 Å². The molecule has 1 N–H and O–H groups in total. The molecule has 6 nitrogen and oxygen atoms in total. The van der Waals surface area contributed by atoms with Crippen molar-refractivity contribution in [1.82, 2.24) is 9.62 Å². The summed E-state index contributed by atoms with van der Waals surface area (Å²) in [6.45, 7) is -0.817. The molecule has 0 bridgehead atoms. The average Bonchev–Trinajstić information content (AvgIpc) is 3.05. The van der Waals surface area contributed by atoms with Gasteiger partial charge in [0.05, 0.1) is 24.2 Å². The first-order valence-electron chi connectivity index (χ1n) is 7.50. The monoisotopic (exact) mass is 390 g/mol. The SMILES string of the molecule is Cc1ccc(S(=O)(=O)N(CC(=O)NCC(F)(F)F)Cc2ccco2)cc1. The van der Waals surface area contributed by atoms with Crippen LogP contribution in [0.5, 0.6) is 0 Å². The number of nitrogens with zero attached hydrogens (tertiary/aromatic N) is 1. The minimum absolute atomic E-state index is 0.0710. The number of sulfonamides is 1. The molecule has 0 saturated heterocycles. The molecule has 0 atom stereocenters. The fourth-order valence-corrected chi connectivity index (χ4v) is 3.44. The minimum Gasteiger partial charge on any atom is -0.468 e. The lowest BCUT2D eigenvalue weighted by molar-refractivity contribution is -0.138. The summed E-state index contributed by atoms with van der Waals surface area (Å²) in [5.74, 6) is -0.811. The van der Waals surface area contributed by atoms with Crippen LogP contribution in [0.1, 0.15) is 11.3 Å². The molecule has 2 rings (SSSR count). The first kappa shape index (κ1) is 20.0. The van der Waals surface area contributed by atoms with E-state index >= 15 is 0 Å². The Morgan fingerprint density at radius 2 is 1.85 bits per heavy atom. The molecule has 1 aromatic carbocycles. The quantitative estimate of drug-likeness (QED) is 0.788. The van der Waals surface area contributed by atoms with Crippen LogP contribution >= 0.6 is 0 Å². The molecule has 0 unspecified atom stereocenters. The van der Waals surface area contributed by atoms with E-state index in [4.69, 9.17) is 4.42 Å². The van der Waals surface area contributed by atoms with Crippen molar-refractivity contribution in [3.63, 3.8) is 0 Å². The number of nitrogens with one attached hydrogen (secondary N) is 1. The molecule has 0 aliphatic rings. The lowest BCUT2D eigenvalue weighted by Gasteiger charge is -2.21. The molecule has 1 heterocycles. The smallest absolute Gasteiger partial charge is 0.405 e. The summed E-state index contributed by atoms with van der Waals surface area (Å²) >= 11 is 0. The third kappa shape index (κ3) is 5.60. The molecule has 2 aromatic rings. The maximum absolute atomic E-state index is 12.8. The highest BCUT2D eigenvalue weighted by atomic mass is 32.2. The Labute approximate surface area is 148 Å². The number of carbonyl (C=O) groups is 1. The number of hydrogen-bond donors (Lipinski definition) is 1. The van der Waals surface area contributed by atoms with E-state index in [9.17, 15) is 26.4 Å². The van der Waals surface area contributed by atoms with Crippen molar-refractivity contribution in [2.45, 2.75) is 24.5 Å². The summed E-state index contributed by atoms with van der Waals surface area (Å²) in [6.07, 6.45) is -3.26. The Hall–Kier alpha value is -2.33. The van der Waals surface area contributed by atoms with E-state index < -0.39 is 35.2 Å². The van der Waals surface area contributed by atoms with E-state index in [0.29, 0.717) is 0 Å². The fourth-order valence-electron chi connectivity index (χ4n) is 2.08. The molecule has 1 amide bonds. The van der Waals surface area contributed by atoms with Crippen molar-refractivity contribution >= 4 is 15.9 Å². The molecule has 142 valence electrons. The van der Waals surface area contributed by atoms with Crippen LogP contribution in [0.3, 0.4) is 0 Å². The molecule has 0 aliphatic carbocycles. The van der Waals surface area contributed by atoms with Crippen LogP contribution in [0.2, 0.25) is 0 Å². The molecule has 1 aromatic heterocycles. The third-order valence-corrected chi connectivity index (χ3v) is 5.18. The molecule has 0 saturated carbocycles. The summed E-state index contributed by atoms with van der Waals surface area (Å²) in [5, 5.41) is 1.66. The number of carbonyl (C=O) groups excluding carboxylic acids is 1. The summed E-state index contributed by atoms with van der Waals surface area (Å²) in [5.41, 5.74) is 0.837. The van der Waals surface area contributed by atoms with Crippen LogP contribution in [0.15, 0.2) is 52.0 Å². The van der Waals surface area contributed by atoms with E-state index in [0.717, 1.165) is 9.87 Å². The number of hydrogen-bond acceptors (Lipinski definition) is 4. The maximum atomic E-state index is 12.8. The second kappa shape index (κ2) is 7.92. The Morgan fingerprint density at radius 3 is 2.38 bits per heavy atom. The minimum atomic E-state index is -4.59. The third-order valence-electron chi connectivity index (χ3n) is 3.38. The van der Waals surface area contributed by atoms with Gasteiger partial charge in [0.25, 0.3) is 0 Å². The highest BCUT2D eigenvalue weighted by Gasteiger charge is 2.31. The van der Waals surface area contributed by atoms with Crippen LogP contribution in [-0.2, 0) is 21.4 Å². The van der Waals surface area contributed by atoms with Crippen molar-refractivity contribution in [3.05, 3.63) is 54.0 Å². The van der Waals surface area contributed by atoms with Crippen LogP contribution in [0.25, 0.3) is 0 Å². The van der Waals surface area contributed by atoms with Crippen molar-refractivity contribution in [1.29, 1.82) is 0 Å². The van der Waals surface area contributed by atoms with Crippen LogP contribution < -0.4 is 5.32 Å². The van der Waals surface area contributed by atoms with Gasteiger partial charge in [0.1, 0.15) is 12.3 Å². The molecule has 0 radical (unpaired) electrons. The topological polar surface area (TPSA) is 79.6 Å². The Morgan fingerprint density at radius 1 is 1.19 bits per heavy atom. The standard InChI is InChI=1S/C16H17F3N2O4S/c1-12-4-6-14(7-5-12)26(23,24)21(9-13-3-2-8-25-13)10-15(22)20-11-16(17,18)19/h2-8H,9-11H2,1H3,(H,20,22). The number of rotatable bonds is 7. The molecule has 0 fully saturated rings. The van der Waals surface area contributed by atoms with Gasteiger partial charge in [0.15, 0.2) is 0 Å². The van der Waals surface area contributed by atoms with Crippen molar-refractivity contribution in [2.24, 2.45) is 0 Å². The number of alkyl halides is 3. The second-order valence-corrected chi connectivity index (χ2v) is 7.50. The Balaban J connectivity index is 2.22. The normalized spacial score (nSPS) is 12.3. The van der Waals surface area contributed by atoms with Gasteiger partial charge in [0, 0.05) is 0 Å². The summed E-state index contributed by atoms with van der Waals surface area (Å²) in [4.78, 5) is 11.7. The molecule has 10 heteroatoms. The molecule has 26 heavy (non-hydrogen) atoms. The maximum Gasteiger partial charge on any atom is 0.405 e. The number of amides is 1. The zero-order valence-corrected chi connectivity index (χ0v) is 14.6. The van der Waals surface area contributed by atoms with Gasteiger partial charge in [-0.2, -0.15) is 17.5 Å². The van der Waals surface area contributed by atoms with Gasteiger partial charge in [0.2, 0.25) is 15.9 Å². The summed E-state index contributed by atoms with van der Waals surface area (Å²) in [7, 11) is -4.11. The fraction of sp³-hybridized carbons (Fsp3) is 0.312. The van der Waals surface area contributed by atoms with E-state index in [1.807, 2.05) is 0 Å². The van der Waals surface area contributed by atoms with Gasteiger partial charge >= 0.3 is 6.18 Å². The van der Waals surface area contributed by atoms with E-state index in [1.54, 1.807) is 24.4 Å². The number of benzene rings is 1. The Bertz CT molecular complexity index is 831. The predicted octanol–water partition coefficient (Wildman–Crippen LogP) is 2.46. The van der Waals surface area contributed by atoms with E-state index in [2.05, 4.69) is 0 Å². The number of aryl methyl sites for hydroxylation is 1. The first-order valence-corrected chi connectivity index (χ1v) is 8.94. The highest BCUT2D eigenvalue weighted by Crippen LogP contribution is 2.19. The lowest BCUT2D eigenvalue weighted by atomic mass is 10.2. The second-order valence-electron chi connectivity index (χ2n) is 5.56. The van der Waals surface area contributed by atoms with Gasteiger partial charge in [-0.25, -0.2) is 8.42 Å². The van der Waals surface area contributed by atoms with Crippen LogP contribution in [0, 0.1) is 6.92 Å². The molecule has 0 spiro atoms. The van der Waals surface area contributed by atoms with Crippen molar-refractivity contribution < 1.29 is 30.8 Å². The van der Waals surface area contributed by atoms with E-state index in [1.165, 1.54) is 30.5 Å². The zero-order chi connectivity index (χ0) is 19.4. The van der Waals surface area contributed by atoms with Gasteiger partial charge in [-0.1, -0.05) is 17.7 Å². The van der Waals surface area contributed by atoms with Gasteiger partial charge in [-0.05, 0) is 31.2 Å². The van der Waals surface area contributed by atoms with Gasteiger partial charge in [-0.3, -0.25) is 4.79 Å². The summed E-state index contributed by atoms with van der Waals surface area (Å²) < 4.78 is 68.1. The van der Waals surface area contributed by atoms with Gasteiger partial charge < -0.3 is 9.73 Å². The average molecular weight is 390 g/mol. The van der Waals surface area contributed by atoms with Crippen LogP contribution in [-0.4, -0.2) is 37.9 Å². The zero-order valence-electron chi connectivity index (χ0n) is 13.8. The molecule has 0 aliphatic heterocycles. The number of halogens is 3. The molecular weight excluding hydrogens is 373 g/mol. The Kier molecular flexibility index (Phi) is 6.09. The summed E-state index contributed by atoms with van der Waals surface area (Å²) in [6, 6.07) is 8.95. The van der Waals surface area contributed by atoms with Crippen molar-refractivity contribution in [2.75, 3.05) is 13.1 Å².